The molecule has 5 heteroatoms. The first-order valence-corrected chi connectivity index (χ1v) is 10.2. The Balaban J connectivity index is 2.16. The van der Waals surface area contributed by atoms with Crippen molar-refractivity contribution in [3.05, 3.63) is 24.3 Å². The molecule has 0 amide bonds. The zero-order chi connectivity index (χ0) is 17.2. The first kappa shape index (κ1) is 18.5. The number of nitrogens with two attached hydrogens (primary N) is 1. The van der Waals surface area contributed by atoms with Gasteiger partial charge >= 0.3 is 0 Å². The highest BCUT2D eigenvalue weighted by Crippen LogP contribution is 2.45. The largest absolute Gasteiger partial charge is 0.378 e. The minimum atomic E-state index is -3.29. The molecule has 0 aromatic heterocycles. The SMILES string of the molecule is CC(C)[C@H]1CC[C@@H](C)C[C@H]1O[P@@](N)(=O)c1ccc(N(C)C)cc1. The molecule has 0 spiro atoms. The van der Waals surface area contributed by atoms with E-state index >= 15 is 0 Å². The summed E-state index contributed by atoms with van der Waals surface area (Å²) in [5.41, 5.74) is 7.18. The molecule has 23 heavy (non-hydrogen) atoms. The summed E-state index contributed by atoms with van der Waals surface area (Å²) in [6.45, 7) is 6.66. The van der Waals surface area contributed by atoms with Crippen molar-refractivity contribution in [2.75, 3.05) is 19.0 Å². The molecule has 1 aromatic rings. The predicted molar refractivity (Wildman–Crippen MR) is 98.4 cm³/mol. The Labute approximate surface area is 140 Å². The van der Waals surface area contributed by atoms with Gasteiger partial charge in [0.05, 0.1) is 11.4 Å². The normalized spacial score (nSPS) is 27.7. The average Bonchev–Trinajstić information content (AvgIpc) is 2.46. The zero-order valence-electron chi connectivity index (χ0n) is 15.0. The molecule has 130 valence electrons. The van der Waals surface area contributed by atoms with Crippen LogP contribution in [0.4, 0.5) is 5.69 Å². The number of benzene rings is 1. The smallest absolute Gasteiger partial charge is 0.297 e. The van der Waals surface area contributed by atoms with Crippen LogP contribution in [0.3, 0.4) is 0 Å². The lowest BCUT2D eigenvalue weighted by atomic mass is 9.75. The molecule has 1 saturated carbocycles. The quantitative estimate of drug-likeness (QED) is 0.824. The molecule has 0 radical (unpaired) electrons. The van der Waals surface area contributed by atoms with Crippen molar-refractivity contribution in [3.63, 3.8) is 0 Å². The molecular formula is C18H31N2O2P. The van der Waals surface area contributed by atoms with E-state index in [1.807, 2.05) is 43.3 Å². The number of rotatable bonds is 5. The van der Waals surface area contributed by atoms with Gasteiger partial charge in [-0.25, -0.2) is 0 Å². The van der Waals surface area contributed by atoms with E-state index in [1.54, 1.807) is 0 Å². The topological polar surface area (TPSA) is 55.6 Å². The molecule has 0 bridgehead atoms. The van der Waals surface area contributed by atoms with E-state index in [-0.39, 0.29) is 6.10 Å². The van der Waals surface area contributed by atoms with E-state index < -0.39 is 7.52 Å². The van der Waals surface area contributed by atoms with E-state index in [0.29, 0.717) is 23.1 Å². The molecule has 1 aromatic carbocycles. The Morgan fingerprint density at radius 3 is 2.35 bits per heavy atom. The number of nitrogens with zero attached hydrogens (tertiary/aromatic N) is 1. The number of hydrogen-bond acceptors (Lipinski definition) is 3. The predicted octanol–water partition coefficient (Wildman–Crippen LogP) is 4.01. The molecule has 2 N–H and O–H groups in total. The van der Waals surface area contributed by atoms with Gasteiger partial charge in [-0.05, 0) is 54.9 Å². The van der Waals surface area contributed by atoms with Crippen LogP contribution >= 0.6 is 7.52 Å². The van der Waals surface area contributed by atoms with Gasteiger partial charge in [0.15, 0.2) is 0 Å². The lowest BCUT2D eigenvalue weighted by Crippen LogP contribution is -2.35. The summed E-state index contributed by atoms with van der Waals surface area (Å²) in [6, 6.07) is 7.52. The van der Waals surface area contributed by atoms with E-state index in [2.05, 4.69) is 20.8 Å². The van der Waals surface area contributed by atoms with Gasteiger partial charge in [-0.1, -0.05) is 27.2 Å². The summed E-state index contributed by atoms with van der Waals surface area (Å²) in [7, 11) is 0.667. The third-order valence-electron chi connectivity index (χ3n) is 4.98. The van der Waals surface area contributed by atoms with Crippen molar-refractivity contribution in [2.24, 2.45) is 23.3 Å². The van der Waals surface area contributed by atoms with Crippen molar-refractivity contribution < 1.29 is 9.09 Å². The standard InChI is InChI=1S/C18H31N2O2P/c1-13(2)17-11-6-14(3)12-18(17)22-23(19,21)16-9-7-15(8-10-16)20(4)5/h7-10,13-14,17-18H,6,11-12H2,1-5H3,(H2,19,21)/t14-,17-,18-,23+/m1/s1. The summed E-state index contributed by atoms with van der Waals surface area (Å²) >= 11 is 0. The van der Waals surface area contributed by atoms with E-state index in [0.717, 1.165) is 18.5 Å². The molecule has 1 fully saturated rings. The molecule has 4 atom stereocenters. The lowest BCUT2D eigenvalue weighted by molar-refractivity contribution is 0.0498. The van der Waals surface area contributed by atoms with Crippen molar-refractivity contribution in [3.8, 4) is 0 Å². The van der Waals surface area contributed by atoms with Gasteiger partial charge in [0.25, 0.3) is 7.52 Å². The third kappa shape index (κ3) is 4.59. The van der Waals surface area contributed by atoms with E-state index in [1.165, 1.54) is 6.42 Å². The Morgan fingerprint density at radius 1 is 1.22 bits per heavy atom. The number of hydrogen-bond donors (Lipinski definition) is 1. The van der Waals surface area contributed by atoms with E-state index in [9.17, 15) is 4.57 Å². The van der Waals surface area contributed by atoms with Gasteiger partial charge in [-0.2, -0.15) is 0 Å². The van der Waals surface area contributed by atoms with Crippen LogP contribution < -0.4 is 15.7 Å². The van der Waals surface area contributed by atoms with Crippen LogP contribution in [0.15, 0.2) is 24.3 Å². The molecule has 0 saturated heterocycles. The van der Waals surface area contributed by atoms with Crippen molar-refractivity contribution in [2.45, 2.75) is 46.1 Å². The van der Waals surface area contributed by atoms with Crippen LogP contribution in [0.5, 0.6) is 0 Å². The second-order valence-electron chi connectivity index (χ2n) is 7.48. The maximum atomic E-state index is 13.0. The molecule has 0 heterocycles. The Kier molecular flexibility index (Phi) is 5.94. The first-order chi connectivity index (χ1) is 10.7. The van der Waals surface area contributed by atoms with Crippen LogP contribution in [0.25, 0.3) is 0 Å². The highest BCUT2D eigenvalue weighted by Gasteiger charge is 2.36. The average molecular weight is 338 g/mol. The van der Waals surface area contributed by atoms with Gasteiger partial charge in [-0.3, -0.25) is 10.1 Å². The Hall–Kier alpha value is -0.830. The fraction of sp³-hybridized carbons (Fsp3) is 0.667. The zero-order valence-corrected chi connectivity index (χ0v) is 15.9. The first-order valence-electron chi connectivity index (χ1n) is 8.55. The number of anilines is 1. The van der Waals surface area contributed by atoms with Crippen LogP contribution in [-0.2, 0) is 9.09 Å². The third-order valence-corrected chi connectivity index (χ3v) is 6.58. The highest BCUT2D eigenvalue weighted by molar-refractivity contribution is 7.64. The molecule has 0 aliphatic heterocycles. The summed E-state index contributed by atoms with van der Waals surface area (Å²) in [5.74, 6) is 1.55. The van der Waals surface area contributed by atoms with Crippen molar-refractivity contribution in [1.29, 1.82) is 0 Å². The molecular weight excluding hydrogens is 307 g/mol. The minimum absolute atomic E-state index is 0.0110. The van der Waals surface area contributed by atoms with Gasteiger partial charge in [0.1, 0.15) is 0 Å². The fourth-order valence-corrected chi connectivity index (χ4v) is 4.79. The Bertz CT molecular complexity index is 557. The summed E-state index contributed by atoms with van der Waals surface area (Å²) in [5, 5.41) is 0.601. The maximum absolute atomic E-state index is 13.0. The fourth-order valence-electron chi connectivity index (χ4n) is 3.46. The van der Waals surface area contributed by atoms with Crippen LogP contribution in [0.2, 0.25) is 0 Å². The monoisotopic (exact) mass is 338 g/mol. The van der Waals surface area contributed by atoms with Crippen LogP contribution in [0.1, 0.15) is 40.0 Å². The maximum Gasteiger partial charge on any atom is 0.297 e. The van der Waals surface area contributed by atoms with Gasteiger partial charge < -0.3 is 9.42 Å². The second kappa shape index (κ2) is 7.38. The van der Waals surface area contributed by atoms with Crippen molar-refractivity contribution >= 4 is 18.5 Å². The second-order valence-corrected chi connectivity index (χ2v) is 9.40. The van der Waals surface area contributed by atoms with Crippen LogP contribution in [-0.4, -0.2) is 20.2 Å². The van der Waals surface area contributed by atoms with Gasteiger partial charge in [0.2, 0.25) is 0 Å². The van der Waals surface area contributed by atoms with E-state index in [4.69, 9.17) is 10.0 Å². The van der Waals surface area contributed by atoms with Crippen molar-refractivity contribution in [1.82, 2.24) is 0 Å². The van der Waals surface area contributed by atoms with Crippen LogP contribution in [0, 0.1) is 17.8 Å². The lowest BCUT2D eigenvalue weighted by Gasteiger charge is -2.38. The summed E-state index contributed by atoms with van der Waals surface area (Å²) in [6.07, 6.45) is 3.28. The molecule has 4 nitrogen and oxygen atoms in total. The van der Waals surface area contributed by atoms with Gasteiger partial charge in [-0.15, -0.1) is 0 Å². The summed E-state index contributed by atoms with van der Waals surface area (Å²) < 4.78 is 19.0. The minimum Gasteiger partial charge on any atom is -0.378 e. The highest BCUT2D eigenvalue weighted by atomic mass is 31.2. The molecule has 0 unspecified atom stereocenters. The molecule has 2 rings (SSSR count). The summed E-state index contributed by atoms with van der Waals surface area (Å²) in [4.78, 5) is 2.00. The Morgan fingerprint density at radius 2 is 1.83 bits per heavy atom. The molecule has 1 aliphatic rings. The van der Waals surface area contributed by atoms with Gasteiger partial charge in [0, 0.05) is 19.8 Å². The molecule has 1 aliphatic carbocycles.